The highest BCUT2D eigenvalue weighted by Gasteiger charge is 2.36. The van der Waals surface area contributed by atoms with Gasteiger partial charge in [0.25, 0.3) is 11.8 Å². The molecule has 1 heterocycles. The lowest BCUT2D eigenvalue weighted by atomic mass is 9.88. The van der Waals surface area contributed by atoms with E-state index in [4.69, 9.17) is 4.74 Å². The summed E-state index contributed by atoms with van der Waals surface area (Å²) in [6, 6.07) is 13.7. The van der Waals surface area contributed by atoms with Gasteiger partial charge in [0, 0.05) is 34.7 Å². The maximum absolute atomic E-state index is 13.0. The lowest BCUT2D eigenvalue weighted by Gasteiger charge is -2.36. The molecule has 1 aliphatic heterocycles. The average Bonchev–Trinajstić information content (AvgIpc) is 3.66. The Balaban J connectivity index is 1.42. The van der Waals surface area contributed by atoms with Crippen molar-refractivity contribution in [1.82, 2.24) is 15.5 Å². The smallest absolute Gasteiger partial charge is 0.253 e. The number of hydrogen-bond donors (Lipinski definition) is 2. The monoisotopic (exact) mass is 513 g/mol. The number of carbonyl (C=O) groups excluding carboxylic acids is 3. The van der Waals surface area contributed by atoms with Crippen LogP contribution >= 0.6 is 15.9 Å². The van der Waals surface area contributed by atoms with E-state index in [1.807, 2.05) is 23.1 Å². The molecule has 2 N–H and O–H groups in total. The second kappa shape index (κ2) is 10.4. The predicted molar refractivity (Wildman–Crippen MR) is 128 cm³/mol. The van der Waals surface area contributed by atoms with Crippen LogP contribution in [-0.4, -0.2) is 54.9 Å². The molecule has 1 saturated heterocycles. The van der Waals surface area contributed by atoms with E-state index in [1.165, 1.54) is 0 Å². The van der Waals surface area contributed by atoms with Crippen LogP contribution in [0.3, 0.4) is 0 Å². The Hall–Kier alpha value is -2.87. The number of hydrogen-bond acceptors (Lipinski definition) is 4. The molecule has 3 amide bonds. The lowest BCUT2D eigenvalue weighted by Crippen LogP contribution is -2.54. The maximum Gasteiger partial charge on any atom is 0.253 e. The minimum Gasteiger partial charge on any atom is -0.497 e. The first-order valence-electron chi connectivity index (χ1n) is 11.2. The van der Waals surface area contributed by atoms with Crippen molar-refractivity contribution in [2.75, 3.05) is 20.2 Å². The van der Waals surface area contributed by atoms with E-state index in [9.17, 15) is 14.4 Å². The van der Waals surface area contributed by atoms with Gasteiger partial charge in [-0.05, 0) is 74.1 Å². The molecule has 174 valence electrons. The zero-order valence-electron chi connectivity index (χ0n) is 18.6. The third-order valence-electron chi connectivity index (χ3n) is 6.21. The normalized spacial score (nSPS) is 17.2. The van der Waals surface area contributed by atoms with Gasteiger partial charge < -0.3 is 20.3 Å². The molecule has 2 aromatic carbocycles. The van der Waals surface area contributed by atoms with Gasteiger partial charge in [0.05, 0.1) is 7.11 Å². The molecule has 0 radical (unpaired) electrons. The van der Waals surface area contributed by atoms with Crippen LogP contribution in [0.1, 0.15) is 46.4 Å². The zero-order chi connectivity index (χ0) is 23.4. The Bertz CT molecular complexity index is 1010. The summed E-state index contributed by atoms with van der Waals surface area (Å²) in [7, 11) is 1.57. The molecule has 2 aliphatic rings. The van der Waals surface area contributed by atoms with Crippen molar-refractivity contribution in [2.45, 2.75) is 37.8 Å². The first-order valence-corrected chi connectivity index (χ1v) is 12.0. The molecular weight excluding hydrogens is 486 g/mol. The van der Waals surface area contributed by atoms with Crippen LogP contribution in [0.25, 0.3) is 0 Å². The molecule has 1 aliphatic carbocycles. The molecule has 1 saturated carbocycles. The van der Waals surface area contributed by atoms with Crippen LogP contribution in [0.15, 0.2) is 53.0 Å². The SMILES string of the molecule is COc1ccc(C(=O)N[C@@H](C(=O)NC2CC2)C2CCN(C(=O)c3cccc(Br)c3)CC2)cc1. The summed E-state index contributed by atoms with van der Waals surface area (Å²) < 4.78 is 6.01. The van der Waals surface area contributed by atoms with Crippen molar-refractivity contribution in [1.29, 1.82) is 0 Å². The fourth-order valence-electron chi connectivity index (χ4n) is 4.12. The maximum atomic E-state index is 13.0. The molecule has 0 unspecified atom stereocenters. The first kappa shape index (κ1) is 23.3. The topological polar surface area (TPSA) is 87.7 Å². The number of ether oxygens (including phenoxy) is 1. The fourth-order valence-corrected chi connectivity index (χ4v) is 4.52. The third-order valence-corrected chi connectivity index (χ3v) is 6.71. The van der Waals surface area contributed by atoms with E-state index in [0.717, 1.165) is 17.3 Å². The van der Waals surface area contributed by atoms with Gasteiger partial charge in [-0.2, -0.15) is 0 Å². The van der Waals surface area contributed by atoms with Gasteiger partial charge >= 0.3 is 0 Å². The average molecular weight is 514 g/mol. The number of carbonyl (C=O) groups is 3. The zero-order valence-corrected chi connectivity index (χ0v) is 20.1. The van der Waals surface area contributed by atoms with Gasteiger partial charge in [-0.15, -0.1) is 0 Å². The molecule has 0 aromatic heterocycles. The Kier molecular flexibility index (Phi) is 7.33. The van der Waals surface area contributed by atoms with Crippen LogP contribution in [0.2, 0.25) is 0 Å². The molecule has 2 aromatic rings. The number of likely N-dealkylation sites (tertiary alicyclic amines) is 1. The molecule has 0 spiro atoms. The summed E-state index contributed by atoms with van der Waals surface area (Å²) in [6.45, 7) is 1.09. The summed E-state index contributed by atoms with van der Waals surface area (Å²) in [5.41, 5.74) is 1.11. The summed E-state index contributed by atoms with van der Waals surface area (Å²) in [5, 5.41) is 5.99. The van der Waals surface area contributed by atoms with E-state index in [0.29, 0.717) is 42.8 Å². The Labute approximate surface area is 202 Å². The number of methoxy groups -OCH3 is 1. The van der Waals surface area contributed by atoms with E-state index in [-0.39, 0.29) is 29.7 Å². The van der Waals surface area contributed by atoms with Gasteiger partial charge in [-0.25, -0.2) is 0 Å². The largest absolute Gasteiger partial charge is 0.497 e. The number of nitrogens with zero attached hydrogens (tertiary/aromatic N) is 1. The molecule has 1 atom stereocenters. The van der Waals surface area contributed by atoms with E-state index in [1.54, 1.807) is 37.4 Å². The first-order chi connectivity index (χ1) is 15.9. The van der Waals surface area contributed by atoms with Crippen LogP contribution in [0.4, 0.5) is 0 Å². The highest BCUT2D eigenvalue weighted by atomic mass is 79.9. The fraction of sp³-hybridized carbons (Fsp3) is 0.400. The molecule has 7 nitrogen and oxygen atoms in total. The van der Waals surface area contributed by atoms with Gasteiger partial charge in [0.1, 0.15) is 11.8 Å². The quantitative estimate of drug-likeness (QED) is 0.593. The number of halogens is 1. The molecule has 2 fully saturated rings. The van der Waals surface area contributed by atoms with Crippen molar-refractivity contribution < 1.29 is 19.1 Å². The second-order valence-corrected chi connectivity index (χ2v) is 9.52. The lowest BCUT2D eigenvalue weighted by molar-refractivity contribution is -0.124. The van der Waals surface area contributed by atoms with E-state index < -0.39 is 6.04 Å². The summed E-state index contributed by atoms with van der Waals surface area (Å²) >= 11 is 3.41. The summed E-state index contributed by atoms with van der Waals surface area (Å²) in [6.07, 6.45) is 3.24. The number of amides is 3. The summed E-state index contributed by atoms with van der Waals surface area (Å²) in [5.74, 6) is 0.169. The number of nitrogens with one attached hydrogen (secondary N) is 2. The van der Waals surface area contributed by atoms with Crippen LogP contribution < -0.4 is 15.4 Å². The Morgan fingerprint density at radius 3 is 2.30 bits per heavy atom. The predicted octanol–water partition coefficient (Wildman–Crippen LogP) is 3.39. The van der Waals surface area contributed by atoms with Gasteiger partial charge in [-0.1, -0.05) is 22.0 Å². The third kappa shape index (κ3) is 5.93. The van der Waals surface area contributed by atoms with E-state index in [2.05, 4.69) is 26.6 Å². The Morgan fingerprint density at radius 1 is 1.00 bits per heavy atom. The van der Waals surface area contributed by atoms with Gasteiger partial charge in [-0.3, -0.25) is 14.4 Å². The second-order valence-electron chi connectivity index (χ2n) is 8.60. The van der Waals surface area contributed by atoms with Gasteiger partial charge in [0.2, 0.25) is 5.91 Å². The van der Waals surface area contributed by atoms with E-state index >= 15 is 0 Å². The molecule has 33 heavy (non-hydrogen) atoms. The van der Waals surface area contributed by atoms with Crippen molar-refractivity contribution in [3.8, 4) is 5.75 Å². The number of benzene rings is 2. The minimum atomic E-state index is -0.636. The van der Waals surface area contributed by atoms with Crippen molar-refractivity contribution in [3.63, 3.8) is 0 Å². The highest BCUT2D eigenvalue weighted by Crippen LogP contribution is 2.25. The van der Waals surface area contributed by atoms with Crippen LogP contribution in [0.5, 0.6) is 5.75 Å². The van der Waals surface area contributed by atoms with Crippen LogP contribution in [-0.2, 0) is 4.79 Å². The Morgan fingerprint density at radius 2 is 1.70 bits per heavy atom. The van der Waals surface area contributed by atoms with Crippen LogP contribution in [0, 0.1) is 5.92 Å². The number of rotatable bonds is 7. The molecule has 0 bridgehead atoms. The number of piperidine rings is 1. The molecule has 8 heteroatoms. The standard InChI is InChI=1S/C25H28BrN3O4/c1-33-21-9-5-17(6-10-21)23(30)28-22(24(31)27-20-7-8-20)16-11-13-29(14-12-16)25(32)18-3-2-4-19(26)15-18/h2-6,9-10,15-16,20,22H,7-8,11-14H2,1H3,(H,27,31)(H,28,30)/t22-/m1/s1. The minimum absolute atomic E-state index is 0.0176. The van der Waals surface area contributed by atoms with Crippen molar-refractivity contribution in [2.24, 2.45) is 5.92 Å². The molecular formula is C25H28BrN3O4. The van der Waals surface area contributed by atoms with Gasteiger partial charge in [0.15, 0.2) is 0 Å². The van der Waals surface area contributed by atoms with Crippen molar-refractivity contribution >= 4 is 33.7 Å². The molecule has 4 rings (SSSR count). The highest BCUT2D eigenvalue weighted by molar-refractivity contribution is 9.10. The van der Waals surface area contributed by atoms with Crippen molar-refractivity contribution in [3.05, 3.63) is 64.1 Å². The summed E-state index contributed by atoms with van der Waals surface area (Å²) in [4.78, 5) is 40.6.